The summed E-state index contributed by atoms with van der Waals surface area (Å²) in [6.45, 7) is 2.01. The first-order chi connectivity index (χ1) is 7.97. The molecule has 0 aromatic carbocycles. The smallest absolute Gasteiger partial charge is 0.266 e. The molecule has 2 heterocycles. The van der Waals surface area contributed by atoms with E-state index < -0.39 is 10.0 Å². The summed E-state index contributed by atoms with van der Waals surface area (Å²) in [4.78, 5) is 13.1. The SMILES string of the molecule is CS(=O)(=O)N1CCN(c2cn[nH]c(=O)c2)CC1. The number of sulfonamides is 1. The van der Waals surface area contributed by atoms with Gasteiger partial charge in [0.2, 0.25) is 10.0 Å². The van der Waals surface area contributed by atoms with Crippen LogP contribution in [0, 0.1) is 0 Å². The molecule has 0 spiro atoms. The first kappa shape index (κ1) is 12.1. The average molecular weight is 258 g/mol. The molecule has 0 bridgehead atoms. The molecule has 94 valence electrons. The molecule has 0 atom stereocenters. The molecule has 0 radical (unpaired) electrons. The van der Waals surface area contributed by atoms with Gasteiger partial charge in [-0.3, -0.25) is 4.79 Å². The number of piperazine rings is 1. The lowest BCUT2D eigenvalue weighted by atomic mass is 10.3. The quantitative estimate of drug-likeness (QED) is 0.724. The Balaban J connectivity index is 2.07. The zero-order valence-electron chi connectivity index (χ0n) is 9.46. The van der Waals surface area contributed by atoms with E-state index in [1.807, 2.05) is 4.90 Å². The van der Waals surface area contributed by atoms with Gasteiger partial charge in [-0.25, -0.2) is 13.5 Å². The van der Waals surface area contributed by atoms with E-state index in [4.69, 9.17) is 0 Å². The fourth-order valence-corrected chi connectivity index (χ4v) is 2.64. The number of rotatable bonds is 2. The van der Waals surface area contributed by atoms with Crippen molar-refractivity contribution in [3.8, 4) is 0 Å². The third kappa shape index (κ3) is 2.83. The molecular formula is C9H14N4O3S. The predicted molar refractivity (Wildman–Crippen MR) is 63.5 cm³/mol. The van der Waals surface area contributed by atoms with E-state index in [-0.39, 0.29) is 5.56 Å². The molecule has 1 aliphatic heterocycles. The van der Waals surface area contributed by atoms with E-state index in [0.717, 1.165) is 5.69 Å². The van der Waals surface area contributed by atoms with Crippen LogP contribution >= 0.6 is 0 Å². The highest BCUT2D eigenvalue weighted by molar-refractivity contribution is 7.88. The van der Waals surface area contributed by atoms with Crippen molar-refractivity contribution in [2.45, 2.75) is 0 Å². The highest BCUT2D eigenvalue weighted by atomic mass is 32.2. The number of H-pyrrole nitrogens is 1. The number of nitrogens with one attached hydrogen (secondary N) is 1. The molecule has 2 rings (SSSR count). The predicted octanol–water partition coefficient (Wildman–Crippen LogP) is -1.15. The lowest BCUT2D eigenvalue weighted by Crippen LogP contribution is -2.48. The van der Waals surface area contributed by atoms with Crippen LogP contribution in [0.2, 0.25) is 0 Å². The lowest BCUT2D eigenvalue weighted by molar-refractivity contribution is 0.388. The van der Waals surface area contributed by atoms with Crippen LogP contribution in [0.15, 0.2) is 17.1 Å². The zero-order valence-corrected chi connectivity index (χ0v) is 10.3. The molecule has 8 heteroatoms. The van der Waals surface area contributed by atoms with Crippen LogP contribution in [0.3, 0.4) is 0 Å². The topological polar surface area (TPSA) is 86.4 Å². The van der Waals surface area contributed by atoms with Gasteiger partial charge in [0, 0.05) is 32.2 Å². The van der Waals surface area contributed by atoms with Crippen molar-refractivity contribution >= 4 is 15.7 Å². The van der Waals surface area contributed by atoms with Crippen LogP contribution in [0.1, 0.15) is 0 Å². The molecule has 0 saturated carbocycles. The molecule has 1 aromatic rings. The third-order valence-corrected chi connectivity index (χ3v) is 4.03. The fraction of sp³-hybridized carbons (Fsp3) is 0.556. The van der Waals surface area contributed by atoms with Crippen LogP contribution < -0.4 is 10.5 Å². The highest BCUT2D eigenvalue weighted by Crippen LogP contribution is 2.13. The molecule has 1 aliphatic rings. The second kappa shape index (κ2) is 4.46. The number of nitrogens with zero attached hydrogens (tertiary/aromatic N) is 3. The maximum atomic E-state index is 11.3. The molecule has 0 amide bonds. The van der Waals surface area contributed by atoms with Crippen molar-refractivity contribution in [1.82, 2.24) is 14.5 Å². The number of aromatic amines is 1. The van der Waals surface area contributed by atoms with Crippen molar-refractivity contribution in [2.75, 3.05) is 37.3 Å². The van der Waals surface area contributed by atoms with Gasteiger partial charge in [0.15, 0.2) is 0 Å². The van der Waals surface area contributed by atoms with Gasteiger partial charge in [-0.05, 0) is 0 Å². The molecule has 17 heavy (non-hydrogen) atoms. The number of anilines is 1. The Morgan fingerprint density at radius 3 is 2.47 bits per heavy atom. The summed E-state index contributed by atoms with van der Waals surface area (Å²) in [7, 11) is -3.12. The van der Waals surface area contributed by atoms with E-state index in [1.54, 1.807) is 6.20 Å². The molecule has 1 N–H and O–H groups in total. The minimum atomic E-state index is -3.12. The Morgan fingerprint density at radius 2 is 1.94 bits per heavy atom. The first-order valence-corrected chi connectivity index (χ1v) is 7.06. The van der Waals surface area contributed by atoms with Gasteiger partial charge in [-0.1, -0.05) is 0 Å². The van der Waals surface area contributed by atoms with Gasteiger partial charge in [-0.2, -0.15) is 9.40 Å². The third-order valence-electron chi connectivity index (χ3n) is 2.72. The van der Waals surface area contributed by atoms with Gasteiger partial charge >= 0.3 is 0 Å². The van der Waals surface area contributed by atoms with Gasteiger partial charge in [0.05, 0.1) is 18.1 Å². The molecule has 0 unspecified atom stereocenters. The Kier molecular flexibility index (Phi) is 3.16. The monoisotopic (exact) mass is 258 g/mol. The summed E-state index contributed by atoms with van der Waals surface area (Å²) in [5.41, 5.74) is 0.468. The van der Waals surface area contributed by atoms with Crippen molar-refractivity contribution in [2.24, 2.45) is 0 Å². The normalized spacial score (nSPS) is 18.3. The summed E-state index contributed by atoms with van der Waals surface area (Å²) in [6, 6.07) is 1.46. The maximum absolute atomic E-state index is 11.3. The van der Waals surface area contributed by atoms with Crippen LogP contribution in [0.25, 0.3) is 0 Å². The van der Waals surface area contributed by atoms with Crippen LogP contribution in [0.5, 0.6) is 0 Å². The second-order valence-corrected chi connectivity index (χ2v) is 5.93. The highest BCUT2D eigenvalue weighted by Gasteiger charge is 2.23. The molecule has 1 fully saturated rings. The van der Waals surface area contributed by atoms with Crippen molar-refractivity contribution in [1.29, 1.82) is 0 Å². The van der Waals surface area contributed by atoms with Crippen LogP contribution in [-0.4, -0.2) is 55.4 Å². The van der Waals surface area contributed by atoms with E-state index in [0.29, 0.717) is 26.2 Å². The van der Waals surface area contributed by atoms with E-state index >= 15 is 0 Å². The Hall–Kier alpha value is -1.41. The summed E-state index contributed by atoms with van der Waals surface area (Å²) in [6.07, 6.45) is 2.77. The van der Waals surface area contributed by atoms with Gasteiger partial charge < -0.3 is 4.90 Å². The van der Waals surface area contributed by atoms with Crippen molar-refractivity contribution in [3.63, 3.8) is 0 Å². The molecule has 1 aromatic heterocycles. The molecule has 1 saturated heterocycles. The Morgan fingerprint density at radius 1 is 1.29 bits per heavy atom. The number of hydrogen-bond acceptors (Lipinski definition) is 5. The second-order valence-electron chi connectivity index (χ2n) is 3.95. The molecule has 0 aliphatic carbocycles. The standard InChI is InChI=1S/C9H14N4O3S/c1-17(15,16)13-4-2-12(3-5-13)8-6-9(14)11-10-7-8/h6-7H,2-5H2,1H3,(H,11,14). The Bertz CT molecular complexity index is 545. The largest absolute Gasteiger partial charge is 0.367 e. The van der Waals surface area contributed by atoms with Crippen LogP contribution in [0.4, 0.5) is 5.69 Å². The van der Waals surface area contributed by atoms with E-state index in [1.165, 1.54) is 16.6 Å². The summed E-state index contributed by atoms with van der Waals surface area (Å²) >= 11 is 0. The minimum absolute atomic E-state index is 0.256. The summed E-state index contributed by atoms with van der Waals surface area (Å²) in [5, 5.41) is 6.02. The van der Waals surface area contributed by atoms with E-state index in [9.17, 15) is 13.2 Å². The number of aromatic nitrogens is 2. The van der Waals surface area contributed by atoms with Crippen molar-refractivity contribution < 1.29 is 8.42 Å². The van der Waals surface area contributed by atoms with Gasteiger partial charge in [0.1, 0.15) is 0 Å². The zero-order chi connectivity index (χ0) is 12.5. The first-order valence-electron chi connectivity index (χ1n) is 5.21. The fourth-order valence-electron chi connectivity index (χ4n) is 1.82. The molecular weight excluding hydrogens is 244 g/mol. The van der Waals surface area contributed by atoms with Crippen LogP contribution in [-0.2, 0) is 10.0 Å². The van der Waals surface area contributed by atoms with E-state index in [2.05, 4.69) is 10.2 Å². The van der Waals surface area contributed by atoms with Crippen molar-refractivity contribution in [3.05, 3.63) is 22.6 Å². The average Bonchev–Trinajstić information content (AvgIpc) is 2.28. The molecule has 7 nitrogen and oxygen atoms in total. The van der Waals surface area contributed by atoms with Gasteiger partial charge in [0.25, 0.3) is 5.56 Å². The maximum Gasteiger partial charge on any atom is 0.266 e. The Labute approximate surface area is 99.1 Å². The lowest BCUT2D eigenvalue weighted by Gasteiger charge is -2.34. The van der Waals surface area contributed by atoms with Gasteiger partial charge in [-0.15, -0.1) is 0 Å². The number of hydrogen-bond donors (Lipinski definition) is 1. The summed E-state index contributed by atoms with van der Waals surface area (Å²) in [5.74, 6) is 0. The summed E-state index contributed by atoms with van der Waals surface area (Å²) < 4.78 is 24.1. The minimum Gasteiger partial charge on any atom is -0.367 e.